The summed E-state index contributed by atoms with van der Waals surface area (Å²) in [6.45, 7) is 2.09. The van der Waals surface area contributed by atoms with E-state index in [4.69, 9.17) is 4.74 Å². The Bertz CT molecular complexity index is 1190. The first-order valence-corrected chi connectivity index (χ1v) is 12.3. The van der Waals surface area contributed by atoms with Crippen molar-refractivity contribution in [3.8, 4) is 0 Å². The third-order valence-corrected chi connectivity index (χ3v) is 7.33. The summed E-state index contributed by atoms with van der Waals surface area (Å²) in [5.41, 5.74) is 3.09. The van der Waals surface area contributed by atoms with Crippen LogP contribution in [0.15, 0.2) is 58.3 Å². The average molecular weight is 470 g/mol. The molecule has 0 spiro atoms. The zero-order valence-electron chi connectivity index (χ0n) is 16.7. The summed E-state index contributed by atoms with van der Waals surface area (Å²) in [6, 6.07) is 15.6. The Balaban J connectivity index is 1.42. The number of thiazole rings is 2. The molecule has 4 rings (SSSR count). The molecule has 0 unspecified atom stereocenters. The van der Waals surface area contributed by atoms with Crippen LogP contribution < -0.4 is 5.32 Å². The van der Waals surface area contributed by atoms with E-state index in [2.05, 4.69) is 21.4 Å². The van der Waals surface area contributed by atoms with Crippen molar-refractivity contribution in [1.82, 2.24) is 9.97 Å². The number of aromatic nitrogens is 2. The maximum Gasteiger partial charge on any atom is 0.311 e. The van der Waals surface area contributed by atoms with E-state index in [-0.39, 0.29) is 18.3 Å². The molecule has 0 bridgehead atoms. The van der Waals surface area contributed by atoms with Crippen LogP contribution in [0.5, 0.6) is 0 Å². The Morgan fingerprint density at radius 3 is 2.74 bits per heavy atom. The minimum absolute atomic E-state index is 0.0929. The number of nitrogens with one attached hydrogen (secondary N) is 1. The lowest BCUT2D eigenvalue weighted by atomic mass is 10.1. The Kier molecular flexibility index (Phi) is 6.96. The van der Waals surface area contributed by atoms with E-state index >= 15 is 0 Å². The van der Waals surface area contributed by atoms with Crippen molar-refractivity contribution >= 4 is 61.7 Å². The van der Waals surface area contributed by atoms with Crippen LogP contribution in [0, 0.1) is 0 Å². The van der Waals surface area contributed by atoms with E-state index in [1.807, 2.05) is 36.4 Å². The summed E-state index contributed by atoms with van der Waals surface area (Å²) in [5, 5.41) is 5.05. The number of para-hydroxylation sites is 1. The molecule has 0 radical (unpaired) electrons. The molecule has 2 aromatic heterocycles. The average Bonchev–Trinajstić information content (AvgIpc) is 3.38. The minimum atomic E-state index is -0.331. The van der Waals surface area contributed by atoms with Gasteiger partial charge in [-0.15, -0.1) is 22.7 Å². The van der Waals surface area contributed by atoms with Gasteiger partial charge in [0.05, 0.1) is 28.9 Å². The number of thioether (sulfide) groups is 1. The number of rotatable bonds is 8. The zero-order valence-corrected chi connectivity index (χ0v) is 19.1. The summed E-state index contributed by atoms with van der Waals surface area (Å²) in [6.07, 6.45) is 0.0929. The normalized spacial score (nSPS) is 10.9. The number of amides is 1. The number of benzene rings is 2. The molecule has 2 aromatic carbocycles. The number of esters is 1. The number of anilines is 1. The Morgan fingerprint density at radius 2 is 1.90 bits per heavy atom. The fourth-order valence-corrected chi connectivity index (χ4v) is 5.67. The monoisotopic (exact) mass is 469 g/mol. The number of carbonyl (C=O) groups is 2. The lowest BCUT2D eigenvalue weighted by Crippen LogP contribution is -2.14. The highest BCUT2D eigenvalue weighted by Gasteiger charge is 2.15. The second-order valence-electron chi connectivity index (χ2n) is 6.47. The molecule has 0 aliphatic heterocycles. The molecule has 0 aliphatic carbocycles. The fourth-order valence-electron chi connectivity index (χ4n) is 2.89. The predicted octanol–water partition coefficient (Wildman–Crippen LogP) is 5.40. The molecule has 1 amide bonds. The second-order valence-corrected chi connectivity index (χ2v) is 9.58. The first-order chi connectivity index (χ1) is 15.1. The van der Waals surface area contributed by atoms with Crippen molar-refractivity contribution in [2.24, 2.45) is 0 Å². The molecule has 0 fully saturated rings. The summed E-state index contributed by atoms with van der Waals surface area (Å²) in [5.74, 6) is 0.0792. The topological polar surface area (TPSA) is 81.2 Å². The van der Waals surface area contributed by atoms with Crippen LogP contribution >= 0.6 is 34.4 Å². The summed E-state index contributed by atoms with van der Waals surface area (Å²) < 4.78 is 7.06. The van der Waals surface area contributed by atoms with Gasteiger partial charge in [0.15, 0.2) is 9.47 Å². The van der Waals surface area contributed by atoms with Crippen molar-refractivity contribution < 1.29 is 14.3 Å². The Morgan fingerprint density at radius 1 is 1.10 bits per heavy atom. The molecule has 31 heavy (non-hydrogen) atoms. The first-order valence-electron chi connectivity index (χ1n) is 9.60. The lowest BCUT2D eigenvalue weighted by molar-refractivity contribution is -0.142. The molecular weight excluding hydrogens is 450 g/mol. The summed E-state index contributed by atoms with van der Waals surface area (Å²) in [4.78, 5) is 33.4. The number of nitrogens with zero attached hydrogens (tertiary/aromatic N) is 2. The van der Waals surface area contributed by atoms with Crippen LogP contribution in [0.2, 0.25) is 0 Å². The van der Waals surface area contributed by atoms with E-state index in [0.29, 0.717) is 28.7 Å². The maximum absolute atomic E-state index is 12.9. The van der Waals surface area contributed by atoms with Gasteiger partial charge in [-0.05, 0) is 30.7 Å². The highest BCUT2D eigenvalue weighted by molar-refractivity contribution is 8.00. The van der Waals surface area contributed by atoms with E-state index < -0.39 is 0 Å². The van der Waals surface area contributed by atoms with Gasteiger partial charge in [-0.1, -0.05) is 42.1 Å². The molecule has 0 saturated heterocycles. The van der Waals surface area contributed by atoms with Gasteiger partial charge in [0.2, 0.25) is 0 Å². The van der Waals surface area contributed by atoms with Crippen LogP contribution in [0.25, 0.3) is 10.2 Å². The Labute approximate surface area is 191 Å². The SMILES string of the molecule is CCOC(=O)Cc1csc(NC(=O)c2ccccc2CSc2nc3ccccc3s2)n1. The molecule has 0 atom stereocenters. The van der Waals surface area contributed by atoms with Gasteiger partial charge in [-0.3, -0.25) is 14.9 Å². The summed E-state index contributed by atoms with van der Waals surface area (Å²) in [7, 11) is 0. The molecule has 4 aromatic rings. The van der Waals surface area contributed by atoms with Crippen molar-refractivity contribution in [3.63, 3.8) is 0 Å². The number of ether oxygens (including phenoxy) is 1. The number of hydrogen-bond acceptors (Lipinski definition) is 8. The Hall–Kier alpha value is -2.75. The smallest absolute Gasteiger partial charge is 0.311 e. The van der Waals surface area contributed by atoms with Crippen molar-refractivity contribution in [3.05, 3.63) is 70.7 Å². The molecule has 1 N–H and O–H groups in total. The van der Waals surface area contributed by atoms with Gasteiger partial charge in [0.1, 0.15) is 0 Å². The quantitative estimate of drug-likeness (QED) is 0.275. The predicted molar refractivity (Wildman–Crippen MR) is 126 cm³/mol. The minimum Gasteiger partial charge on any atom is -0.466 e. The number of fused-ring (bicyclic) bond motifs is 1. The molecule has 0 aliphatic rings. The lowest BCUT2D eigenvalue weighted by Gasteiger charge is -2.08. The van der Waals surface area contributed by atoms with E-state index in [9.17, 15) is 9.59 Å². The van der Waals surface area contributed by atoms with Gasteiger partial charge >= 0.3 is 5.97 Å². The van der Waals surface area contributed by atoms with Gasteiger partial charge < -0.3 is 4.74 Å². The van der Waals surface area contributed by atoms with Crippen molar-refractivity contribution in [1.29, 1.82) is 0 Å². The number of hydrogen-bond donors (Lipinski definition) is 1. The molecule has 158 valence electrons. The van der Waals surface area contributed by atoms with Crippen LogP contribution in [0.1, 0.15) is 28.5 Å². The van der Waals surface area contributed by atoms with Crippen LogP contribution in [0.3, 0.4) is 0 Å². The highest BCUT2D eigenvalue weighted by atomic mass is 32.2. The highest BCUT2D eigenvalue weighted by Crippen LogP contribution is 2.32. The second kappa shape index (κ2) is 10.0. The van der Waals surface area contributed by atoms with Crippen molar-refractivity contribution in [2.75, 3.05) is 11.9 Å². The van der Waals surface area contributed by atoms with Gasteiger partial charge in [-0.25, -0.2) is 9.97 Å². The molecule has 0 saturated carbocycles. The standard InChI is InChI=1S/C22H19N3O3S3/c1-2-28-19(26)11-15-13-29-21(23-15)25-20(27)16-8-4-3-7-14(16)12-30-22-24-17-9-5-6-10-18(17)31-22/h3-10,13H,2,11-12H2,1H3,(H,23,25,27). The third-order valence-electron chi connectivity index (χ3n) is 4.29. The van der Waals surface area contributed by atoms with E-state index in [1.165, 1.54) is 11.3 Å². The molecule has 2 heterocycles. The number of carbonyl (C=O) groups excluding carboxylic acids is 2. The third kappa shape index (κ3) is 5.49. The van der Waals surface area contributed by atoms with Gasteiger partial charge in [0.25, 0.3) is 5.91 Å². The first kappa shape index (κ1) is 21.5. The van der Waals surface area contributed by atoms with Crippen molar-refractivity contribution in [2.45, 2.75) is 23.4 Å². The van der Waals surface area contributed by atoms with Gasteiger partial charge in [-0.2, -0.15) is 0 Å². The summed E-state index contributed by atoms with van der Waals surface area (Å²) >= 11 is 4.55. The van der Waals surface area contributed by atoms with Crippen LogP contribution in [-0.2, 0) is 21.7 Å². The maximum atomic E-state index is 12.9. The van der Waals surface area contributed by atoms with E-state index in [0.717, 1.165) is 20.1 Å². The molecular formula is C22H19N3O3S3. The van der Waals surface area contributed by atoms with Gasteiger partial charge in [0, 0.05) is 16.7 Å². The largest absolute Gasteiger partial charge is 0.466 e. The fraction of sp³-hybridized carbons (Fsp3) is 0.182. The van der Waals surface area contributed by atoms with E-state index in [1.54, 1.807) is 41.5 Å². The zero-order chi connectivity index (χ0) is 21.6. The molecule has 6 nitrogen and oxygen atoms in total. The van der Waals surface area contributed by atoms with Crippen LogP contribution in [0.4, 0.5) is 5.13 Å². The molecule has 9 heteroatoms. The van der Waals surface area contributed by atoms with Crippen LogP contribution in [-0.4, -0.2) is 28.5 Å².